The Morgan fingerprint density at radius 1 is 1.30 bits per heavy atom. The number of amides is 2. The molecule has 1 saturated heterocycles. The molecule has 30 heavy (non-hydrogen) atoms. The molecule has 0 spiro atoms. The van der Waals surface area contributed by atoms with Crippen LogP contribution in [0.15, 0.2) is 18.2 Å². The number of nitro benzene ring substituents is 1. The van der Waals surface area contributed by atoms with Crippen molar-refractivity contribution in [1.82, 2.24) is 10.2 Å². The van der Waals surface area contributed by atoms with E-state index in [4.69, 9.17) is 4.74 Å². The van der Waals surface area contributed by atoms with Crippen molar-refractivity contribution in [1.29, 1.82) is 0 Å². The third-order valence-electron chi connectivity index (χ3n) is 5.02. The minimum absolute atomic E-state index is 0.0477. The van der Waals surface area contributed by atoms with E-state index in [1.165, 1.54) is 6.07 Å². The van der Waals surface area contributed by atoms with Gasteiger partial charge in [-0.15, -0.1) is 0 Å². The molecule has 0 bridgehead atoms. The fraction of sp³-hybridized carbons (Fsp3) is 0.619. The first-order valence-corrected chi connectivity index (χ1v) is 10.4. The molecule has 2 amide bonds. The first-order chi connectivity index (χ1) is 14.3. The Labute approximate surface area is 177 Å². The average molecular weight is 421 g/mol. The number of carbonyl (C=O) groups is 2. The van der Waals surface area contributed by atoms with Crippen molar-refractivity contribution in [2.45, 2.75) is 46.1 Å². The lowest BCUT2D eigenvalue weighted by Crippen LogP contribution is -2.43. The van der Waals surface area contributed by atoms with Crippen molar-refractivity contribution in [2.24, 2.45) is 5.92 Å². The molecule has 0 atom stereocenters. The number of hydrogen-bond donors (Lipinski definition) is 2. The molecule has 2 N–H and O–H groups in total. The van der Waals surface area contributed by atoms with Crippen LogP contribution in [0.1, 0.15) is 38.7 Å². The molecule has 2 rings (SSSR count). The fourth-order valence-corrected chi connectivity index (χ4v) is 3.39. The second-order valence-corrected chi connectivity index (χ2v) is 7.94. The zero-order valence-electron chi connectivity index (χ0n) is 18.0. The normalized spacial score (nSPS) is 15.2. The summed E-state index contributed by atoms with van der Waals surface area (Å²) in [7, 11) is 0. The summed E-state index contributed by atoms with van der Waals surface area (Å²) < 4.78 is 5.46. The number of rotatable bonds is 10. The molecule has 166 valence electrons. The Morgan fingerprint density at radius 2 is 2.00 bits per heavy atom. The maximum absolute atomic E-state index is 12.3. The smallest absolute Gasteiger partial charge is 0.293 e. The lowest BCUT2D eigenvalue weighted by atomic mass is 9.96. The minimum Gasteiger partial charge on any atom is -0.379 e. The van der Waals surface area contributed by atoms with Gasteiger partial charge in [-0.05, 0) is 64.8 Å². The van der Waals surface area contributed by atoms with E-state index in [9.17, 15) is 19.7 Å². The van der Waals surface area contributed by atoms with Crippen LogP contribution in [-0.4, -0.2) is 60.5 Å². The molecule has 1 heterocycles. The van der Waals surface area contributed by atoms with Gasteiger partial charge in [-0.3, -0.25) is 24.6 Å². The predicted octanol–water partition coefficient (Wildman–Crippen LogP) is 2.49. The number of nitrogens with zero attached hydrogens (tertiary/aromatic N) is 2. The maximum atomic E-state index is 12.3. The van der Waals surface area contributed by atoms with Gasteiger partial charge in [0.15, 0.2) is 0 Å². The standard InChI is InChI=1S/C21H32N4O5/c1-15(2)30-12-4-9-22-21(27)17-7-10-24(11-8-17)14-20(26)23-18-6-5-16(3)13-19(18)25(28)29/h5-6,13,15,17H,4,7-12,14H2,1-3H3,(H,22,27)(H,23,26). The molecule has 1 aliphatic heterocycles. The van der Waals surface area contributed by atoms with Gasteiger partial charge in [-0.1, -0.05) is 6.07 Å². The number of benzene rings is 1. The van der Waals surface area contributed by atoms with Crippen molar-refractivity contribution < 1.29 is 19.2 Å². The van der Waals surface area contributed by atoms with E-state index in [1.54, 1.807) is 19.1 Å². The zero-order valence-corrected chi connectivity index (χ0v) is 18.0. The first-order valence-electron chi connectivity index (χ1n) is 10.4. The van der Waals surface area contributed by atoms with E-state index < -0.39 is 4.92 Å². The maximum Gasteiger partial charge on any atom is 0.293 e. The molecule has 0 unspecified atom stereocenters. The Bertz CT molecular complexity index is 745. The van der Waals surface area contributed by atoms with Gasteiger partial charge < -0.3 is 15.4 Å². The van der Waals surface area contributed by atoms with Crippen molar-refractivity contribution in [2.75, 3.05) is 38.1 Å². The highest BCUT2D eigenvalue weighted by Crippen LogP contribution is 2.25. The Morgan fingerprint density at radius 3 is 2.63 bits per heavy atom. The quantitative estimate of drug-likeness (QED) is 0.341. The molecule has 0 aromatic heterocycles. The van der Waals surface area contributed by atoms with Gasteiger partial charge in [0.2, 0.25) is 11.8 Å². The summed E-state index contributed by atoms with van der Waals surface area (Å²) in [4.78, 5) is 37.3. The van der Waals surface area contributed by atoms with Crippen LogP contribution in [0, 0.1) is 23.0 Å². The van der Waals surface area contributed by atoms with Crippen LogP contribution in [0.25, 0.3) is 0 Å². The number of aryl methyl sites for hydroxylation is 1. The van der Waals surface area contributed by atoms with Crippen LogP contribution in [0.3, 0.4) is 0 Å². The number of piperidine rings is 1. The highest BCUT2D eigenvalue weighted by atomic mass is 16.6. The Kier molecular flexibility index (Phi) is 9.19. The van der Waals surface area contributed by atoms with Gasteiger partial charge in [0.05, 0.1) is 17.6 Å². The number of anilines is 1. The molecule has 1 fully saturated rings. The molecule has 0 aliphatic carbocycles. The third-order valence-corrected chi connectivity index (χ3v) is 5.02. The first kappa shape index (κ1) is 23.8. The fourth-order valence-electron chi connectivity index (χ4n) is 3.39. The molecular formula is C21H32N4O5. The largest absolute Gasteiger partial charge is 0.379 e. The van der Waals surface area contributed by atoms with E-state index >= 15 is 0 Å². The van der Waals surface area contributed by atoms with Crippen molar-refractivity contribution in [3.63, 3.8) is 0 Å². The molecule has 9 heteroatoms. The van der Waals surface area contributed by atoms with Crippen LogP contribution in [0.5, 0.6) is 0 Å². The summed E-state index contributed by atoms with van der Waals surface area (Å²) in [6, 6.07) is 4.71. The van der Waals surface area contributed by atoms with Gasteiger partial charge in [0.25, 0.3) is 5.69 Å². The van der Waals surface area contributed by atoms with E-state index in [-0.39, 0.29) is 41.8 Å². The van der Waals surface area contributed by atoms with Gasteiger partial charge in [0.1, 0.15) is 5.69 Å². The molecular weight excluding hydrogens is 388 g/mol. The average Bonchev–Trinajstić information content (AvgIpc) is 2.69. The summed E-state index contributed by atoms with van der Waals surface area (Å²) in [5, 5.41) is 16.8. The molecule has 0 radical (unpaired) electrons. The summed E-state index contributed by atoms with van der Waals surface area (Å²) in [5.41, 5.74) is 0.844. The number of ether oxygens (including phenoxy) is 1. The number of likely N-dealkylation sites (tertiary alicyclic amines) is 1. The topological polar surface area (TPSA) is 114 Å². The van der Waals surface area contributed by atoms with Crippen molar-refractivity contribution in [3.8, 4) is 0 Å². The van der Waals surface area contributed by atoms with E-state index in [0.29, 0.717) is 39.1 Å². The number of nitrogens with one attached hydrogen (secondary N) is 2. The highest BCUT2D eigenvalue weighted by Gasteiger charge is 2.26. The monoisotopic (exact) mass is 420 g/mol. The lowest BCUT2D eigenvalue weighted by molar-refractivity contribution is -0.384. The van der Waals surface area contributed by atoms with Crippen LogP contribution < -0.4 is 10.6 Å². The lowest BCUT2D eigenvalue weighted by Gasteiger charge is -2.30. The van der Waals surface area contributed by atoms with E-state index in [2.05, 4.69) is 10.6 Å². The predicted molar refractivity (Wildman–Crippen MR) is 114 cm³/mol. The third kappa shape index (κ3) is 7.72. The molecule has 1 aromatic rings. The number of carbonyl (C=O) groups excluding carboxylic acids is 2. The van der Waals surface area contributed by atoms with Crippen molar-refractivity contribution >= 4 is 23.2 Å². The highest BCUT2D eigenvalue weighted by molar-refractivity contribution is 5.94. The van der Waals surface area contributed by atoms with Crippen LogP contribution in [-0.2, 0) is 14.3 Å². The number of nitro groups is 1. The Hall–Kier alpha value is -2.52. The molecule has 1 aromatic carbocycles. The zero-order chi connectivity index (χ0) is 22.1. The summed E-state index contributed by atoms with van der Waals surface area (Å²) in [6.07, 6.45) is 2.35. The summed E-state index contributed by atoms with van der Waals surface area (Å²) in [6.45, 7) is 8.37. The second-order valence-electron chi connectivity index (χ2n) is 7.94. The van der Waals surface area contributed by atoms with Crippen LogP contribution >= 0.6 is 0 Å². The van der Waals surface area contributed by atoms with Gasteiger partial charge >= 0.3 is 0 Å². The van der Waals surface area contributed by atoms with E-state index in [1.807, 2.05) is 18.7 Å². The van der Waals surface area contributed by atoms with Gasteiger partial charge in [-0.2, -0.15) is 0 Å². The van der Waals surface area contributed by atoms with Gasteiger partial charge in [0, 0.05) is 25.1 Å². The van der Waals surface area contributed by atoms with Crippen LogP contribution in [0.4, 0.5) is 11.4 Å². The SMILES string of the molecule is Cc1ccc(NC(=O)CN2CCC(C(=O)NCCCOC(C)C)CC2)c([N+](=O)[O-])c1. The summed E-state index contributed by atoms with van der Waals surface area (Å²) >= 11 is 0. The molecule has 0 saturated carbocycles. The summed E-state index contributed by atoms with van der Waals surface area (Å²) in [5.74, 6) is -0.289. The Balaban J connectivity index is 1.72. The molecule has 1 aliphatic rings. The van der Waals surface area contributed by atoms with Crippen LogP contribution in [0.2, 0.25) is 0 Å². The molecule has 9 nitrogen and oxygen atoms in total. The van der Waals surface area contributed by atoms with Crippen molar-refractivity contribution in [3.05, 3.63) is 33.9 Å². The second kappa shape index (κ2) is 11.6. The van der Waals surface area contributed by atoms with Gasteiger partial charge in [-0.25, -0.2) is 0 Å². The van der Waals surface area contributed by atoms with E-state index in [0.717, 1.165) is 12.0 Å². The minimum atomic E-state index is -0.498. The number of hydrogen-bond acceptors (Lipinski definition) is 6.